The lowest BCUT2D eigenvalue weighted by Gasteiger charge is -2.26. The third kappa shape index (κ3) is 8.78. The van der Waals surface area contributed by atoms with Gasteiger partial charge in [0, 0.05) is 25.4 Å². The number of nitrogens with one attached hydrogen (secondary N) is 2. The molecule has 0 aliphatic carbocycles. The van der Waals surface area contributed by atoms with Crippen LogP contribution in [0, 0.1) is 5.92 Å². The van der Waals surface area contributed by atoms with Gasteiger partial charge in [0.2, 0.25) is 5.91 Å². The predicted octanol–water partition coefficient (Wildman–Crippen LogP) is -0.743. The van der Waals surface area contributed by atoms with Crippen LogP contribution in [0.1, 0.15) is 42.7 Å². The molecule has 0 bridgehead atoms. The zero-order valence-electron chi connectivity index (χ0n) is 22.1. The summed E-state index contributed by atoms with van der Waals surface area (Å²) in [5.41, 5.74) is 0.885. The van der Waals surface area contributed by atoms with Crippen LogP contribution in [0.5, 0.6) is 0 Å². The van der Waals surface area contributed by atoms with Gasteiger partial charge >= 0.3 is 7.12 Å². The molecule has 1 saturated heterocycles. The molecule has 13 heteroatoms. The molecule has 12 nitrogen and oxygen atoms in total. The average Bonchev–Trinajstić information content (AvgIpc) is 3.38. The van der Waals surface area contributed by atoms with Crippen LogP contribution < -0.4 is 10.6 Å². The lowest BCUT2D eigenvalue weighted by atomic mass is 9.74. The van der Waals surface area contributed by atoms with Crippen molar-refractivity contribution in [2.75, 3.05) is 13.2 Å². The number of aliphatic hydroxyl groups excluding tert-OH is 4. The van der Waals surface area contributed by atoms with Crippen LogP contribution in [0.2, 0.25) is 0 Å². The van der Waals surface area contributed by atoms with Gasteiger partial charge in [-0.15, -0.1) is 0 Å². The van der Waals surface area contributed by atoms with Gasteiger partial charge in [-0.3, -0.25) is 14.6 Å². The topological polar surface area (TPSA) is 183 Å². The molecule has 6 N–H and O–H groups in total. The number of amides is 2. The second-order valence-corrected chi connectivity index (χ2v) is 9.95. The molecule has 2 amide bonds. The summed E-state index contributed by atoms with van der Waals surface area (Å²) >= 11 is 0. The van der Waals surface area contributed by atoms with Crippen molar-refractivity contribution >= 4 is 18.9 Å². The maximum absolute atomic E-state index is 13.6. The third-order valence-electron chi connectivity index (χ3n) is 6.36. The summed E-state index contributed by atoms with van der Waals surface area (Å²) in [6.07, 6.45) is 0.0860. The Morgan fingerprint density at radius 3 is 2.31 bits per heavy atom. The molecule has 39 heavy (non-hydrogen) atoms. The Bertz CT molecular complexity index is 1040. The Kier molecular flexibility index (Phi) is 11.8. The summed E-state index contributed by atoms with van der Waals surface area (Å²) in [5, 5.41) is 45.2. The molecule has 1 aromatic carbocycles. The minimum atomic E-state index is -1.35. The molecular weight excluding hydrogens is 507 g/mol. The van der Waals surface area contributed by atoms with Gasteiger partial charge in [-0.05, 0) is 24.3 Å². The molecule has 2 heterocycles. The molecule has 1 aliphatic rings. The summed E-state index contributed by atoms with van der Waals surface area (Å²) in [4.78, 5) is 34.4. The van der Waals surface area contributed by atoms with E-state index in [2.05, 4.69) is 20.6 Å². The van der Waals surface area contributed by atoms with E-state index in [0.29, 0.717) is 6.42 Å². The van der Waals surface area contributed by atoms with Crippen molar-refractivity contribution in [2.24, 2.45) is 5.92 Å². The lowest BCUT2D eigenvalue weighted by Crippen LogP contribution is -2.55. The van der Waals surface area contributed by atoms with Gasteiger partial charge in [-0.1, -0.05) is 44.2 Å². The number of hydrogen-bond acceptors (Lipinski definition) is 10. The minimum absolute atomic E-state index is 0.0236. The van der Waals surface area contributed by atoms with Gasteiger partial charge in [0.1, 0.15) is 17.8 Å². The van der Waals surface area contributed by atoms with E-state index in [-0.39, 0.29) is 31.1 Å². The van der Waals surface area contributed by atoms with Gasteiger partial charge < -0.3 is 40.4 Å². The second kappa shape index (κ2) is 15.0. The highest BCUT2D eigenvalue weighted by Crippen LogP contribution is 2.27. The van der Waals surface area contributed by atoms with Crippen LogP contribution >= 0.6 is 0 Å². The largest absolute Gasteiger partial charge is 0.481 e. The van der Waals surface area contributed by atoms with Crippen molar-refractivity contribution in [2.45, 2.75) is 69.5 Å². The van der Waals surface area contributed by atoms with E-state index in [0.717, 1.165) is 5.56 Å². The summed E-state index contributed by atoms with van der Waals surface area (Å²) < 4.78 is 11.9. The van der Waals surface area contributed by atoms with Crippen LogP contribution in [-0.4, -0.2) is 98.9 Å². The van der Waals surface area contributed by atoms with E-state index in [9.17, 15) is 30.0 Å². The second-order valence-electron chi connectivity index (χ2n) is 9.95. The zero-order chi connectivity index (χ0) is 28.4. The Balaban J connectivity index is 1.82. The molecule has 1 fully saturated rings. The maximum Gasteiger partial charge on any atom is 0.481 e. The van der Waals surface area contributed by atoms with Crippen molar-refractivity contribution in [1.82, 2.24) is 20.6 Å². The highest BCUT2D eigenvalue weighted by molar-refractivity contribution is 6.47. The SMILES string of the molecule is CC(C)CC(NC(=O)[C@H](Cc1ccccc1)NC(=O)c1cnccn1)B1OC([C@H](O)CO)[C@@H]([C@H](O)CCO)O1. The number of hydrogen-bond donors (Lipinski definition) is 6. The molecular formula is C26H37BN4O8. The van der Waals surface area contributed by atoms with Gasteiger partial charge in [-0.25, -0.2) is 4.98 Å². The molecule has 3 rings (SSSR count). The molecule has 1 aliphatic heterocycles. The molecule has 0 spiro atoms. The number of benzene rings is 1. The smallest absolute Gasteiger partial charge is 0.402 e. The fraction of sp³-hybridized carbons (Fsp3) is 0.538. The Morgan fingerprint density at radius 1 is 1.03 bits per heavy atom. The molecule has 0 radical (unpaired) electrons. The van der Waals surface area contributed by atoms with Gasteiger partial charge in [0.25, 0.3) is 5.91 Å². The fourth-order valence-corrected chi connectivity index (χ4v) is 4.44. The monoisotopic (exact) mass is 544 g/mol. The fourth-order valence-electron chi connectivity index (χ4n) is 4.44. The number of aromatic nitrogens is 2. The van der Waals surface area contributed by atoms with E-state index in [1.807, 2.05) is 44.2 Å². The van der Waals surface area contributed by atoms with Crippen molar-refractivity contribution < 1.29 is 39.3 Å². The number of aliphatic hydroxyl groups is 4. The molecule has 2 aromatic rings. The van der Waals surface area contributed by atoms with Crippen LogP contribution in [-0.2, 0) is 20.5 Å². The standard InChI is InChI=1S/C26H37BN4O8/c1-16(2)12-22(27-38-23(20(34)8-11-32)24(39-27)21(35)15-33)31-25(36)18(13-17-6-4-3-5-7-17)30-26(37)19-14-28-9-10-29-19/h3-7,9-10,14,16,18,20-24,32-35H,8,11-13,15H2,1-2H3,(H,30,37)(H,31,36)/t18-,20+,21+,22?,23+,24?/m0/s1. The number of carbonyl (C=O) groups excluding carboxylic acids is 2. The minimum Gasteiger partial charge on any atom is -0.402 e. The van der Waals surface area contributed by atoms with E-state index in [4.69, 9.17) is 9.31 Å². The summed E-state index contributed by atoms with van der Waals surface area (Å²) in [6, 6.07) is 8.23. The molecule has 1 aromatic heterocycles. The predicted molar refractivity (Wildman–Crippen MR) is 141 cm³/mol. The van der Waals surface area contributed by atoms with E-state index < -0.39 is 61.9 Å². The first-order valence-electron chi connectivity index (χ1n) is 13.0. The summed E-state index contributed by atoms with van der Waals surface area (Å²) in [6.45, 7) is 2.96. The van der Waals surface area contributed by atoms with Gasteiger partial charge in [-0.2, -0.15) is 0 Å². The zero-order valence-corrected chi connectivity index (χ0v) is 22.1. The third-order valence-corrected chi connectivity index (χ3v) is 6.36. The van der Waals surface area contributed by atoms with Gasteiger partial charge in [0.05, 0.1) is 37.1 Å². The first-order chi connectivity index (χ1) is 18.7. The van der Waals surface area contributed by atoms with Crippen molar-refractivity contribution in [3.05, 3.63) is 60.2 Å². The van der Waals surface area contributed by atoms with Crippen LogP contribution in [0.3, 0.4) is 0 Å². The molecule has 6 atom stereocenters. The van der Waals surface area contributed by atoms with Crippen LogP contribution in [0.15, 0.2) is 48.9 Å². The Hall–Kier alpha value is -2.94. The normalized spacial score (nSPS) is 20.3. The quantitative estimate of drug-likeness (QED) is 0.166. The van der Waals surface area contributed by atoms with Gasteiger partial charge in [0.15, 0.2) is 0 Å². The van der Waals surface area contributed by atoms with Crippen molar-refractivity contribution in [3.63, 3.8) is 0 Å². The number of carbonyl (C=O) groups is 2. The molecule has 2 unspecified atom stereocenters. The Morgan fingerprint density at radius 2 is 1.72 bits per heavy atom. The molecule has 212 valence electrons. The number of nitrogens with zero attached hydrogens (tertiary/aromatic N) is 2. The van der Waals surface area contributed by atoms with E-state index in [1.54, 1.807) is 0 Å². The summed E-state index contributed by atoms with van der Waals surface area (Å²) in [5.74, 6) is -1.69. The summed E-state index contributed by atoms with van der Waals surface area (Å²) in [7, 11) is -1.06. The lowest BCUT2D eigenvalue weighted by molar-refractivity contribution is -0.123. The first kappa shape index (κ1) is 30.6. The van der Waals surface area contributed by atoms with E-state index >= 15 is 0 Å². The Labute approximate surface area is 227 Å². The van der Waals surface area contributed by atoms with Crippen molar-refractivity contribution in [1.29, 1.82) is 0 Å². The maximum atomic E-state index is 13.6. The van der Waals surface area contributed by atoms with Crippen LogP contribution in [0.4, 0.5) is 0 Å². The van der Waals surface area contributed by atoms with E-state index in [1.165, 1.54) is 18.6 Å². The number of rotatable bonds is 14. The molecule has 0 saturated carbocycles. The average molecular weight is 544 g/mol. The van der Waals surface area contributed by atoms with Crippen LogP contribution in [0.25, 0.3) is 0 Å². The highest BCUT2D eigenvalue weighted by atomic mass is 16.7. The first-order valence-corrected chi connectivity index (χ1v) is 13.0. The van der Waals surface area contributed by atoms with Crippen molar-refractivity contribution in [3.8, 4) is 0 Å². The highest BCUT2D eigenvalue weighted by Gasteiger charge is 2.50.